The van der Waals surface area contributed by atoms with E-state index in [0.717, 1.165) is 36.4 Å². The molecule has 0 aromatic heterocycles. The van der Waals surface area contributed by atoms with E-state index in [-0.39, 0.29) is 18.1 Å². The lowest BCUT2D eigenvalue weighted by molar-refractivity contribution is -0.116. The third-order valence-electron chi connectivity index (χ3n) is 6.52. The number of anilines is 1. The molecule has 168 valence electrons. The first-order valence-electron chi connectivity index (χ1n) is 11.3. The number of hydrogen-bond acceptors (Lipinski definition) is 5. The van der Waals surface area contributed by atoms with Crippen LogP contribution in [0.15, 0.2) is 53.4 Å². The SMILES string of the molecule is O=C(c1ccccc1SCC(=O)N1CCc2ccccc21)N1CCC(C2OCCO2)CC1. The van der Waals surface area contributed by atoms with Gasteiger partial charge >= 0.3 is 0 Å². The fourth-order valence-corrected chi connectivity index (χ4v) is 5.70. The molecule has 0 bridgehead atoms. The molecule has 3 aliphatic rings. The third kappa shape index (κ3) is 4.42. The van der Waals surface area contributed by atoms with E-state index < -0.39 is 0 Å². The molecule has 2 aromatic carbocycles. The lowest BCUT2D eigenvalue weighted by Crippen LogP contribution is -2.41. The molecule has 2 saturated heterocycles. The summed E-state index contributed by atoms with van der Waals surface area (Å²) in [5.74, 6) is 0.794. The van der Waals surface area contributed by atoms with Crippen LogP contribution >= 0.6 is 11.8 Å². The molecule has 0 unspecified atom stereocenters. The number of likely N-dealkylation sites (tertiary alicyclic amines) is 1. The second kappa shape index (κ2) is 9.65. The maximum atomic E-state index is 13.3. The smallest absolute Gasteiger partial charge is 0.254 e. The van der Waals surface area contributed by atoms with E-state index in [1.54, 1.807) is 0 Å². The minimum absolute atomic E-state index is 0.0405. The van der Waals surface area contributed by atoms with Gasteiger partial charge in [-0.3, -0.25) is 9.59 Å². The van der Waals surface area contributed by atoms with Gasteiger partial charge in [-0.2, -0.15) is 0 Å². The topological polar surface area (TPSA) is 59.1 Å². The van der Waals surface area contributed by atoms with Gasteiger partial charge in [-0.25, -0.2) is 0 Å². The Morgan fingerprint density at radius 3 is 2.47 bits per heavy atom. The molecule has 0 saturated carbocycles. The molecule has 0 atom stereocenters. The average Bonchev–Trinajstić information content (AvgIpc) is 3.53. The lowest BCUT2D eigenvalue weighted by atomic mass is 9.95. The Morgan fingerprint density at radius 2 is 1.66 bits per heavy atom. The maximum Gasteiger partial charge on any atom is 0.254 e. The van der Waals surface area contributed by atoms with Crippen molar-refractivity contribution in [2.45, 2.75) is 30.4 Å². The van der Waals surface area contributed by atoms with Crippen LogP contribution in [0.5, 0.6) is 0 Å². The van der Waals surface area contributed by atoms with Crippen LogP contribution in [0, 0.1) is 5.92 Å². The summed E-state index contributed by atoms with van der Waals surface area (Å²) in [5.41, 5.74) is 2.91. The van der Waals surface area contributed by atoms with E-state index in [9.17, 15) is 9.59 Å². The molecule has 6 nitrogen and oxygen atoms in total. The van der Waals surface area contributed by atoms with E-state index in [1.807, 2.05) is 52.3 Å². The van der Waals surface area contributed by atoms with Crippen molar-refractivity contribution in [1.29, 1.82) is 0 Å². The Kier molecular flexibility index (Phi) is 6.48. The zero-order valence-electron chi connectivity index (χ0n) is 18.1. The van der Waals surface area contributed by atoms with Crippen molar-refractivity contribution in [1.82, 2.24) is 4.90 Å². The van der Waals surface area contributed by atoms with Crippen LogP contribution in [0.1, 0.15) is 28.8 Å². The fraction of sp³-hybridized carbons (Fsp3) is 0.440. The number of ether oxygens (including phenoxy) is 2. The Bertz CT molecular complexity index is 983. The molecule has 3 aliphatic heterocycles. The summed E-state index contributed by atoms with van der Waals surface area (Å²) in [6.07, 6.45) is 2.56. The number of para-hydroxylation sites is 1. The Hall–Kier alpha value is -2.35. The van der Waals surface area contributed by atoms with Crippen molar-refractivity contribution >= 4 is 29.3 Å². The van der Waals surface area contributed by atoms with Gasteiger partial charge in [0.1, 0.15) is 0 Å². The van der Waals surface area contributed by atoms with Gasteiger partial charge in [0, 0.05) is 36.1 Å². The van der Waals surface area contributed by atoms with Crippen LogP contribution in [-0.2, 0) is 20.7 Å². The summed E-state index contributed by atoms with van der Waals surface area (Å²) in [6, 6.07) is 15.7. The summed E-state index contributed by atoms with van der Waals surface area (Å²) >= 11 is 1.45. The van der Waals surface area contributed by atoms with Crippen molar-refractivity contribution < 1.29 is 19.1 Å². The minimum Gasteiger partial charge on any atom is -0.350 e. The quantitative estimate of drug-likeness (QED) is 0.649. The number of thioether (sulfide) groups is 1. The van der Waals surface area contributed by atoms with E-state index in [1.165, 1.54) is 17.3 Å². The standard InChI is InChI=1S/C25H28N2O4S/c28-23(27-14-11-18-5-1-3-7-21(18)27)17-32-22-8-4-2-6-20(22)24(29)26-12-9-19(10-13-26)25-30-15-16-31-25/h1-8,19,25H,9-17H2. The van der Waals surface area contributed by atoms with Gasteiger partial charge < -0.3 is 19.3 Å². The second-order valence-electron chi connectivity index (χ2n) is 8.45. The fourth-order valence-electron chi connectivity index (χ4n) is 4.78. The first kappa shape index (κ1) is 21.5. The van der Waals surface area contributed by atoms with E-state index in [0.29, 0.717) is 43.5 Å². The maximum absolute atomic E-state index is 13.3. The Balaban J connectivity index is 1.21. The number of carbonyl (C=O) groups is 2. The van der Waals surface area contributed by atoms with Crippen LogP contribution < -0.4 is 4.90 Å². The summed E-state index contributed by atoms with van der Waals surface area (Å²) in [6.45, 7) is 3.46. The normalized spacial score (nSPS) is 19.4. The van der Waals surface area contributed by atoms with Crippen LogP contribution in [0.25, 0.3) is 0 Å². The van der Waals surface area contributed by atoms with Crippen molar-refractivity contribution in [3.8, 4) is 0 Å². The molecule has 3 heterocycles. The lowest BCUT2D eigenvalue weighted by Gasteiger charge is -2.34. The van der Waals surface area contributed by atoms with Gasteiger partial charge in [-0.1, -0.05) is 30.3 Å². The van der Waals surface area contributed by atoms with Crippen molar-refractivity contribution in [3.05, 3.63) is 59.7 Å². The molecule has 0 aliphatic carbocycles. The summed E-state index contributed by atoms with van der Waals surface area (Å²) < 4.78 is 11.3. The zero-order chi connectivity index (χ0) is 21.9. The highest BCUT2D eigenvalue weighted by Gasteiger charge is 2.32. The van der Waals surface area contributed by atoms with E-state index in [4.69, 9.17) is 9.47 Å². The molecule has 5 rings (SSSR count). The van der Waals surface area contributed by atoms with Crippen molar-refractivity contribution in [3.63, 3.8) is 0 Å². The molecule has 0 radical (unpaired) electrons. The van der Waals surface area contributed by atoms with Gasteiger partial charge in [0.25, 0.3) is 5.91 Å². The molecule has 2 aromatic rings. The second-order valence-corrected chi connectivity index (χ2v) is 9.47. The number of fused-ring (bicyclic) bond motifs is 1. The molecule has 2 amide bonds. The largest absolute Gasteiger partial charge is 0.350 e. The number of hydrogen-bond donors (Lipinski definition) is 0. The van der Waals surface area contributed by atoms with E-state index >= 15 is 0 Å². The van der Waals surface area contributed by atoms with Crippen molar-refractivity contribution in [2.24, 2.45) is 5.92 Å². The highest BCUT2D eigenvalue weighted by atomic mass is 32.2. The molecule has 0 spiro atoms. The molecule has 0 N–H and O–H groups in total. The van der Waals surface area contributed by atoms with Crippen LogP contribution in [0.3, 0.4) is 0 Å². The monoisotopic (exact) mass is 452 g/mol. The molecule has 7 heteroatoms. The predicted octanol–water partition coefficient (Wildman–Crippen LogP) is 3.59. The number of amides is 2. The molecular formula is C25H28N2O4S. The number of benzene rings is 2. The first-order chi connectivity index (χ1) is 15.7. The van der Waals surface area contributed by atoms with Crippen LogP contribution in [-0.4, -0.2) is 61.6 Å². The van der Waals surface area contributed by atoms with Gasteiger partial charge in [0.05, 0.1) is 24.5 Å². The average molecular weight is 453 g/mol. The predicted molar refractivity (Wildman–Crippen MR) is 124 cm³/mol. The zero-order valence-corrected chi connectivity index (χ0v) is 18.9. The van der Waals surface area contributed by atoms with Crippen LogP contribution in [0.2, 0.25) is 0 Å². The number of piperidine rings is 1. The summed E-state index contributed by atoms with van der Waals surface area (Å²) in [7, 11) is 0. The van der Waals surface area contributed by atoms with Crippen LogP contribution in [0.4, 0.5) is 5.69 Å². The number of rotatable bonds is 5. The molecular weight excluding hydrogens is 424 g/mol. The van der Waals surface area contributed by atoms with Crippen molar-refractivity contribution in [2.75, 3.05) is 43.5 Å². The molecule has 32 heavy (non-hydrogen) atoms. The van der Waals surface area contributed by atoms with Gasteiger partial charge in [-0.05, 0) is 43.0 Å². The van der Waals surface area contributed by atoms with Gasteiger partial charge in [-0.15, -0.1) is 11.8 Å². The Morgan fingerprint density at radius 1 is 0.938 bits per heavy atom. The summed E-state index contributed by atoms with van der Waals surface area (Å²) in [5, 5.41) is 0. The first-order valence-corrected chi connectivity index (χ1v) is 12.3. The summed E-state index contributed by atoms with van der Waals surface area (Å²) in [4.78, 5) is 30.8. The number of carbonyl (C=O) groups excluding carboxylic acids is 2. The third-order valence-corrected chi connectivity index (χ3v) is 7.57. The van der Waals surface area contributed by atoms with Gasteiger partial charge in [0.2, 0.25) is 5.91 Å². The number of nitrogens with zero attached hydrogens (tertiary/aromatic N) is 2. The van der Waals surface area contributed by atoms with E-state index in [2.05, 4.69) is 6.07 Å². The Labute approximate surface area is 192 Å². The minimum atomic E-state index is -0.114. The highest BCUT2D eigenvalue weighted by molar-refractivity contribution is 8.00. The van der Waals surface area contributed by atoms with Gasteiger partial charge in [0.15, 0.2) is 6.29 Å². The molecule has 2 fully saturated rings. The highest BCUT2D eigenvalue weighted by Crippen LogP contribution is 2.31.